The van der Waals surface area contributed by atoms with Crippen LogP contribution in [0.4, 0.5) is 0 Å². The van der Waals surface area contributed by atoms with Gasteiger partial charge in [0.2, 0.25) is 0 Å². The number of methoxy groups -OCH3 is 1. The van der Waals surface area contributed by atoms with Crippen LogP contribution in [0, 0.1) is 6.92 Å². The second-order valence-corrected chi connectivity index (χ2v) is 6.51. The predicted molar refractivity (Wildman–Crippen MR) is 114 cm³/mol. The predicted octanol–water partition coefficient (Wildman–Crippen LogP) is 3.93. The topological polar surface area (TPSA) is 58.5 Å². The third kappa shape index (κ3) is 5.10. The summed E-state index contributed by atoms with van der Waals surface area (Å²) in [6.45, 7) is 3.36. The van der Waals surface area contributed by atoms with Crippen molar-refractivity contribution >= 4 is 5.96 Å². The molecule has 0 unspecified atom stereocenters. The van der Waals surface area contributed by atoms with Gasteiger partial charge >= 0.3 is 0 Å². The number of guanidine groups is 1. The third-order valence-electron chi connectivity index (χ3n) is 4.46. The lowest BCUT2D eigenvalue weighted by Crippen LogP contribution is -2.36. The lowest BCUT2D eigenvalue weighted by molar-refractivity contribution is 0.408. The van der Waals surface area contributed by atoms with Crippen LogP contribution in [0.3, 0.4) is 0 Å². The van der Waals surface area contributed by atoms with Crippen molar-refractivity contribution in [3.05, 3.63) is 83.6 Å². The van der Waals surface area contributed by atoms with Gasteiger partial charge in [0.25, 0.3) is 0 Å². The molecule has 0 saturated heterocycles. The molecule has 5 nitrogen and oxygen atoms in total. The standard InChI is InChI=1S/C23H26N4O/c1-17-10-11-20(22(13-17)28-3)16-27-23(24-2)26-15-18-7-6-8-19(14-18)21-9-4-5-12-25-21/h4-14H,15-16H2,1-3H3,(H2,24,26,27). The molecule has 0 amide bonds. The summed E-state index contributed by atoms with van der Waals surface area (Å²) in [5.74, 6) is 1.62. The van der Waals surface area contributed by atoms with Gasteiger partial charge in [-0.3, -0.25) is 9.98 Å². The van der Waals surface area contributed by atoms with E-state index in [1.54, 1.807) is 14.2 Å². The van der Waals surface area contributed by atoms with Crippen molar-refractivity contribution < 1.29 is 4.74 Å². The van der Waals surface area contributed by atoms with E-state index in [2.05, 4.69) is 57.9 Å². The van der Waals surface area contributed by atoms with Crippen LogP contribution in [0.2, 0.25) is 0 Å². The van der Waals surface area contributed by atoms with E-state index < -0.39 is 0 Å². The number of hydrogen-bond acceptors (Lipinski definition) is 3. The van der Waals surface area contributed by atoms with E-state index in [1.165, 1.54) is 11.1 Å². The molecule has 0 fully saturated rings. The first-order chi connectivity index (χ1) is 13.7. The maximum absolute atomic E-state index is 5.47. The fourth-order valence-electron chi connectivity index (χ4n) is 2.96. The Morgan fingerprint density at radius 2 is 1.86 bits per heavy atom. The van der Waals surface area contributed by atoms with Gasteiger partial charge in [0.1, 0.15) is 5.75 Å². The molecule has 0 atom stereocenters. The Balaban J connectivity index is 1.60. The normalized spacial score (nSPS) is 11.2. The van der Waals surface area contributed by atoms with Gasteiger partial charge in [-0.2, -0.15) is 0 Å². The number of hydrogen-bond donors (Lipinski definition) is 2. The maximum Gasteiger partial charge on any atom is 0.191 e. The van der Waals surface area contributed by atoms with Gasteiger partial charge in [-0.05, 0) is 42.3 Å². The van der Waals surface area contributed by atoms with Crippen molar-refractivity contribution in [3.63, 3.8) is 0 Å². The molecule has 1 heterocycles. The van der Waals surface area contributed by atoms with Crippen molar-refractivity contribution in [1.29, 1.82) is 0 Å². The second-order valence-electron chi connectivity index (χ2n) is 6.51. The Hall–Kier alpha value is -3.34. The monoisotopic (exact) mass is 374 g/mol. The van der Waals surface area contributed by atoms with Crippen molar-refractivity contribution in [3.8, 4) is 17.0 Å². The van der Waals surface area contributed by atoms with Crippen LogP contribution in [0.25, 0.3) is 11.3 Å². The highest BCUT2D eigenvalue weighted by Crippen LogP contribution is 2.20. The van der Waals surface area contributed by atoms with Crippen LogP contribution in [0.1, 0.15) is 16.7 Å². The average Bonchev–Trinajstić information content (AvgIpc) is 2.75. The second kappa shape index (κ2) is 9.55. The summed E-state index contributed by atoms with van der Waals surface area (Å²) in [5, 5.41) is 6.70. The zero-order valence-corrected chi connectivity index (χ0v) is 16.6. The van der Waals surface area contributed by atoms with Gasteiger partial charge in [-0.1, -0.05) is 36.4 Å². The van der Waals surface area contributed by atoms with E-state index in [4.69, 9.17) is 4.74 Å². The fourth-order valence-corrected chi connectivity index (χ4v) is 2.96. The molecular formula is C23H26N4O. The van der Waals surface area contributed by atoms with E-state index in [0.717, 1.165) is 28.5 Å². The van der Waals surface area contributed by atoms with E-state index in [9.17, 15) is 0 Å². The van der Waals surface area contributed by atoms with Crippen molar-refractivity contribution in [2.75, 3.05) is 14.2 Å². The van der Waals surface area contributed by atoms with Gasteiger partial charge in [0.05, 0.1) is 12.8 Å². The van der Waals surface area contributed by atoms with Gasteiger partial charge < -0.3 is 15.4 Å². The third-order valence-corrected chi connectivity index (χ3v) is 4.46. The fraction of sp³-hybridized carbons (Fsp3) is 0.217. The lowest BCUT2D eigenvalue weighted by Gasteiger charge is -2.14. The van der Waals surface area contributed by atoms with Gasteiger partial charge in [0.15, 0.2) is 5.96 Å². The summed E-state index contributed by atoms with van der Waals surface area (Å²) in [4.78, 5) is 8.73. The molecule has 2 N–H and O–H groups in total. The first-order valence-corrected chi connectivity index (χ1v) is 9.28. The van der Waals surface area contributed by atoms with Crippen molar-refractivity contribution in [2.24, 2.45) is 4.99 Å². The summed E-state index contributed by atoms with van der Waals surface area (Å²) in [6, 6.07) is 20.5. The van der Waals surface area contributed by atoms with E-state index in [0.29, 0.717) is 13.1 Å². The number of pyridine rings is 1. The summed E-state index contributed by atoms with van der Waals surface area (Å²) >= 11 is 0. The Labute approximate surface area is 166 Å². The molecule has 5 heteroatoms. The zero-order chi connectivity index (χ0) is 19.8. The molecule has 0 aliphatic heterocycles. The van der Waals surface area contributed by atoms with E-state index >= 15 is 0 Å². The van der Waals surface area contributed by atoms with Crippen LogP contribution >= 0.6 is 0 Å². The molecule has 0 aliphatic carbocycles. The molecule has 144 valence electrons. The number of aryl methyl sites for hydroxylation is 1. The summed E-state index contributed by atoms with van der Waals surface area (Å²) in [5.41, 5.74) is 5.51. The molecular weight excluding hydrogens is 348 g/mol. The number of benzene rings is 2. The van der Waals surface area contributed by atoms with Crippen LogP contribution < -0.4 is 15.4 Å². The minimum atomic E-state index is 0.636. The number of ether oxygens (including phenoxy) is 1. The molecule has 0 aliphatic rings. The average molecular weight is 374 g/mol. The number of aromatic nitrogens is 1. The van der Waals surface area contributed by atoms with Gasteiger partial charge in [-0.25, -0.2) is 0 Å². The summed E-state index contributed by atoms with van der Waals surface area (Å²) in [6.07, 6.45) is 1.81. The Bertz CT molecular complexity index is 938. The quantitative estimate of drug-likeness (QED) is 0.507. The molecule has 0 radical (unpaired) electrons. The molecule has 1 aromatic heterocycles. The van der Waals surface area contributed by atoms with E-state index in [1.807, 2.05) is 36.5 Å². The summed E-state index contributed by atoms with van der Waals surface area (Å²) in [7, 11) is 3.46. The minimum Gasteiger partial charge on any atom is -0.496 e. The van der Waals surface area contributed by atoms with Crippen molar-refractivity contribution in [2.45, 2.75) is 20.0 Å². The van der Waals surface area contributed by atoms with Crippen LogP contribution in [-0.4, -0.2) is 25.1 Å². The lowest BCUT2D eigenvalue weighted by atomic mass is 10.1. The summed E-state index contributed by atoms with van der Waals surface area (Å²) < 4.78 is 5.47. The molecule has 28 heavy (non-hydrogen) atoms. The highest BCUT2D eigenvalue weighted by molar-refractivity contribution is 5.79. The molecule has 0 spiro atoms. The molecule has 3 rings (SSSR count). The zero-order valence-electron chi connectivity index (χ0n) is 16.6. The van der Waals surface area contributed by atoms with E-state index in [-0.39, 0.29) is 0 Å². The van der Waals surface area contributed by atoms with Gasteiger partial charge in [0, 0.05) is 37.5 Å². The molecule has 0 bridgehead atoms. The van der Waals surface area contributed by atoms with Crippen LogP contribution in [0.15, 0.2) is 71.9 Å². The van der Waals surface area contributed by atoms with Crippen LogP contribution in [-0.2, 0) is 13.1 Å². The van der Waals surface area contributed by atoms with Crippen molar-refractivity contribution in [1.82, 2.24) is 15.6 Å². The molecule has 3 aromatic rings. The van der Waals surface area contributed by atoms with Gasteiger partial charge in [-0.15, -0.1) is 0 Å². The minimum absolute atomic E-state index is 0.636. The Morgan fingerprint density at radius 3 is 2.61 bits per heavy atom. The number of aliphatic imine (C=N–C) groups is 1. The largest absolute Gasteiger partial charge is 0.496 e. The number of rotatable bonds is 6. The maximum atomic E-state index is 5.47. The smallest absolute Gasteiger partial charge is 0.191 e. The Morgan fingerprint density at radius 1 is 1.00 bits per heavy atom. The highest BCUT2D eigenvalue weighted by Gasteiger charge is 2.05. The molecule has 2 aromatic carbocycles. The number of nitrogens with zero attached hydrogens (tertiary/aromatic N) is 2. The van der Waals surface area contributed by atoms with Crippen LogP contribution in [0.5, 0.6) is 5.75 Å². The highest BCUT2D eigenvalue weighted by atomic mass is 16.5. The SMILES string of the molecule is CN=C(NCc1cccc(-c2ccccn2)c1)NCc1ccc(C)cc1OC. The first kappa shape index (κ1) is 19.4. The first-order valence-electron chi connectivity index (χ1n) is 9.28. The molecule has 0 saturated carbocycles. The number of nitrogens with one attached hydrogen (secondary N) is 2. The Kier molecular flexibility index (Phi) is 6.63.